The molecule has 0 bridgehead atoms. The van der Waals surface area contributed by atoms with E-state index in [0.29, 0.717) is 17.3 Å². The van der Waals surface area contributed by atoms with Gasteiger partial charge in [-0.1, -0.05) is 13.0 Å². The number of alkyl halides is 3. The highest BCUT2D eigenvalue weighted by Crippen LogP contribution is 2.27. The number of hydrogen-bond donors (Lipinski definition) is 1. The number of imidazole rings is 1. The summed E-state index contributed by atoms with van der Waals surface area (Å²) in [5.41, 5.74) is 1.26. The first kappa shape index (κ1) is 18.7. The van der Waals surface area contributed by atoms with E-state index in [1.54, 1.807) is 35.7 Å². The zero-order chi connectivity index (χ0) is 19.6. The fraction of sp³-hybridized carbons (Fsp3) is 0.222. The van der Waals surface area contributed by atoms with Crippen LogP contribution in [-0.4, -0.2) is 21.7 Å². The smallest absolute Gasteiger partial charge is 0.406 e. The molecule has 9 heteroatoms. The van der Waals surface area contributed by atoms with E-state index in [2.05, 4.69) is 15.0 Å². The second-order valence-electron chi connectivity index (χ2n) is 5.70. The van der Waals surface area contributed by atoms with E-state index in [0.717, 1.165) is 6.07 Å². The molecule has 5 nitrogen and oxygen atoms in total. The van der Waals surface area contributed by atoms with Crippen LogP contribution in [0, 0.1) is 5.82 Å². The number of nitrogens with zero attached hydrogens (tertiary/aromatic N) is 2. The van der Waals surface area contributed by atoms with Gasteiger partial charge < -0.3 is 10.1 Å². The predicted molar refractivity (Wildman–Crippen MR) is 88.8 cm³/mol. The van der Waals surface area contributed by atoms with Gasteiger partial charge in [-0.05, 0) is 30.2 Å². The molecule has 0 fully saturated rings. The molecule has 1 aromatic carbocycles. The number of carbonyl (C=O) groups is 1. The molecule has 0 spiro atoms. The van der Waals surface area contributed by atoms with Gasteiger partial charge in [0.1, 0.15) is 22.9 Å². The molecule has 2 heterocycles. The van der Waals surface area contributed by atoms with E-state index in [-0.39, 0.29) is 24.2 Å². The van der Waals surface area contributed by atoms with E-state index in [1.807, 2.05) is 0 Å². The summed E-state index contributed by atoms with van der Waals surface area (Å²) < 4.78 is 56.7. The average Bonchev–Trinajstić information content (AvgIpc) is 3.03. The number of benzene rings is 1. The molecule has 0 saturated carbocycles. The van der Waals surface area contributed by atoms with Crippen LogP contribution in [0.15, 0.2) is 42.7 Å². The average molecular weight is 381 g/mol. The van der Waals surface area contributed by atoms with Crippen LogP contribution in [0.5, 0.6) is 5.75 Å². The first-order chi connectivity index (χ1) is 12.8. The van der Waals surface area contributed by atoms with Crippen molar-refractivity contribution < 1.29 is 27.1 Å². The third-order valence-electron chi connectivity index (χ3n) is 3.95. The monoisotopic (exact) mass is 381 g/mol. The van der Waals surface area contributed by atoms with Crippen LogP contribution < -0.4 is 10.1 Å². The first-order valence-corrected chi connectivity index (χ1v) is 8.06. The van der Waals surface area contributed by atoms with E-state index >= 15 is 0 Å². The third kappa shape index (κ3) is 4.18. The Morgan fingerprint density at radius 1 is 1.30 bits per heavy atom. The predicted octanol–water partition coefficient (Wildman–Crippen LogP) is 3.86. The fourth-order valence-electron chi connectivity index (χ4n) is 2.73. The highest BCUT2D eigenvalue weighted by Gasteiger charge is 2.31. The Labute approximate surface area is 151 Å². The number of amides is 1. The summed E-state index contributed by atoms with van der Waals surface area (Å²) in [5.74, 6) is -1.99. The zero-order valence-electron chi connectivity index (χ0n) is 14.2. The van der Waals surface area contributed by atoms with Crippen molar-refractivity contribution in [2.24, 2.45) is 0 Å². The van der Waals surface area contributed by atoms with Gasteiger partial charge in [0.2, 0.25) is 0 Å². The summed E-state index contributed by atoms with van der Waals surface area (Å²) in [7, 11) is 0. The van der Waals surface area contributed by atoms with Crippen LogP contribution in [0.2, 0.25) is 0 Å². The molecular weight excluding hydrogens is 366 g/mol. The lowest BCUT2D eigenvalue weighted by Crippen LogP contribution is -2.25. The maximum atomic E-state index is 14.3. The molecule has 3 aromatic rings. The van der Waals surface area contributed by atoms with Gasteiger partial charge in [-0.15, -0.1) is 13.2 Å². The molecule has 0 aliphatic heterocycles. The summed E-state index contributed by atoms with van der Waals surface area (Å²) in [6.07, 6.45) is -1.58. The number of halogens is 4. The van der Waals surface area contributed by atoms with Crippen molar-refractivity contribution >= 4 is 11.6 Å². The molecule has 0 saturated heterocycles. The molecule has 2 aromatic heterocycles. The van der Waals surface area contributed by atoms with Crippen molar-refractivity contribution in [1.82, 2.24) is 14.7 Å². The van der Waals surface area contributed by atoms with Gasteiger partial charge in [-0.2, -0.15) is 0 Å². The minimum atomic E-state index is -4.91. The molecule has 142 valence electrons. The van der Waals surface area contributed by atoms with Crippen molar-refractivity contribution in [3.8, 4) is 5.75 Å². The minimum Gasteiger partial charge on any atom is -0.406 e. The Morgan fingerprint density at radius 2 is 2.07 bits per heavy atom. The maximum absolute atomic E-state index is 14.3. The third-order valence-corrected chi connectivity index (χ3v) is 3.95. The minimum absolute atomic E-state index is 0.106. The van der Waals surface area contributed by atoms with Crippen molar-refractivity contribution in [2.45, 2.75) is 26.3 Å². The van der Waals surface area contributed by atoms with Gasteiger partial charge >= 0.3 is 6.36 Å². The van der Waals surface area contributed by atoms with Crippen molar-refractivity contribution in [2.75, 3.05) is 0 Å². The van der Waals surface area contributed by atoms with E-state index < -0.39 is 23.8 Å². The second-order valence-corrected chi connectivity index (χ2v) is 5.70. The van der Waals surface area contributed by atoms with E-state index in [9.17, 15) is 22.4 Å². The molecule has 0 aliphatic rings. The number of pyridine rings is 1. The van der Waals surface area contributed by atoms with E-state index in [1.165, 1.54) is 6.20 Å². The Bertz CT molecular complexity index is 982. The molecular formula is C18H15F4N3O2. The highest BCUT2D eigenvalue weighted by molar-refractivity contribution is 5.93. The molecule has 0 radical (unpaired) electrons. The zero-order valence-corrected chi connectivity index (χ0v) is 14.2. The maximum Gasteiger partial charge on any atom is 0.573 e. The molecule has 3 rings (SSSR count). The lowest BCUT2D eigenvalue weighted by Gasteiger charge is -2.14. The van der Waals surface area contributed by atoms with E-state index in [4.69, 9.17) is 0 Å². The van der Waals surface area contributed by atoms with Gasteiger partial charge in [0.05, 0.1) is 6.20 Å². The summed E-state index contributed by atoms with van der Waals surface area (Å²) in [6.45, 7) is 1.49. The number of aromatic nitrogens is 2. The van der Waals surface area contributed by atoms with Crippen molar-refractivity contribution in [1.29, 1.82) is 0 Å². The lowest BCUT2D eigenvalue weighted by molar-refractivity contribution is -0.274. The van der Waals surface area contributed by atoms with Gasteiger partial charge in [0.25, 0.3) is 5.91 Å². The van der Waals surface area contributed by atoms with Crippen LogP contribution in [0.3, 0.4) is 0 Å². The topological polar surface area (TPSA) is 55.6 Å². The molecule has 27 heavy (non-hydrogen) atoms. The number of carbonyl (C=O) groups excluding carboxylic acids is 1. The summed E-state index contributed by atoms with van der Waals surface area (Å²) >= 11 is 0. The first-order valence-electron chi connectivity index (χ1n) is 8.06. The number of ether oxygens (including phenoxy) is 1. The number of rotatable bonds is 5. The van der Waals surface area contributed by atoms with Crippen LogP contribution in [0.4, 0.5) is 17.6 Å². The Morgan fingerprint density at radius 3 is 2.78 bits per heavy atom. The van der Waals surface area contributed by atoms with Gasteiger partial charge in [-0.3, -0.25) is 9.20 Å². The Kier molecular flexibility index (Phi) is 5.02. The highest BCUT2D eigenvalue weighted by atomic mass is 19.4. The molecule has 1 amide bonds. The molecule has 0 unspecified atom stereocenters. The van der Waals surface area contributed by atoms with Crippen molar-refractivity contribution in [3.05, 3.63) is 65.4 Å². The molecule has 0 atom stereocenters. The standard InChI is InChI=1S/C18H15F4N3O2/c1-2-11-7-12(27-18(20,21)22)8-14(19)13(11)9-24-17(26)15-10-23-16-5-3-4-6-25(15)16/h3-8,10H,2,9H2,1H3,(H,24,26). The van der Waals surface area contributed by atoms with Gasteiger partial charge in [0, 0.05) is 24.4 Å². The van der Waals surface area contributed by atoms with Crippen LogP contribution >= 0.6 is 0 Å². The SMILES string of the molecule is CCc1cc(OC(F)(F)F)cc(F)c1CNC(=O)c1cnc2ccccn12. The van der Waals surface area contributed by atoms with Crippen molar-refractivity contribution in [3.63, 3.8) is 0 Å². The van der Waals surface area contributed by atoms with Gasteiger partial charge in [-0.25, -0.2) is 9.37 Å². The van der Waals surface area contributed by atoms with Gasteiger partial charge in [0.15, 0.2) is 0 Å². The number of aryl methyl sites for hydroxylation is 1. The normalized spacial score (nSPS) is 11.6. The number of hydrogen-bond acceptors (Lipinski definition) is 3. The second kappa shape index (κ2) is 7.26. The molecule has 1 N–H and O–H groups in total. The summed E-state index contributed by atoms with van der Waals surface area (Å²) in [5, 5.41) is 2.57. The number of nitrogens with one attached hydrogen (secondary N) is 1. The quantitative estimate of drug-likeness (QED) is 0.683. The Hall–Kier alpha value is -3.10. The largest absolute Gasteiger partial charge is 0.573 e. The summed E-state index contributed by atoms with van der Waals surface area (Å²) in [6, 6.07) is 7.01. The molecule has 0 aliphatic carbocycles. The number of fused-ring (bicyclic) bond motifs is 1. The summed E-state index contributed by atoms with van der Waals surface area (Å²) in [4.78, 5) is 16.5. The van der Waals surface area contributed by atoms with Crippen LogP contribution in [-0.2, 0) is 13.0 Å². The lowest BCUT2D eigenvalue weighted by atomic mass is 10.0. The van der Waals surface area contributed by atoms with Crippen LogP contribution in [0.1, 0.15) is 28.5 Å². The Balaban J connectivity index is 1.80. The fourth-order valence-corrected chi connectivity index (χ4v) is 2.73. The van der Waals surface area contributed by atoms with Crippen LogP contribution in [0.25, 0.3) is 5.65 Å².